The van der Waals surface area contributed by atoms with E-state index in [0.29, 0.717) is 34.1 Å². The van der Waals surface area contributed by atoms with Crippen molar-refractivity contribution >= 4 is 52.5 Å². The van der Waals surface area contributed by atoms with Crippen LogP contribution in [0.2, 0.25) is 5.02 Å². The summed E-state index contributed by atoms with van der Waals surface area (Å²) in [5.41, 5.74) is 1.16. The Labute approximate surface area is 201 Å². The van der Waals surface area contributed by atoms with Gasteiger partial charge < -0.3 is 10.1 Å². The van der Waals surface area contributed by atoms with Crippen molar-refractivity contribution in [1.29, 1.82) is 0 Å². The number of halogens is 1. The zero-order valence-electron chi connectivity index (χ0n) is 18.5. The molecule has 2 aromatic carbocycles. The zero-order chi connectivity index (χ0) is 23.5. The molecule has 0 radical (unpaired) electrons. The fourth-order valence-electron chi connectivity index (χ4n) is 5.48. The lowest BCUT2D eigenvalue weighted by molar-refractivity contribution is -0.130. The number of nitrogens with zero attached hydrogens (tertiary/aromatic N) is 1. The van der Waals surface area contributed by atoms with Crippen molar-refractivity contribution in [2.24, 2.45) is 11.8 Å². The molecule has 2 N–H and O–H groups in total. The maximum atomic E-state index is 14.0. The van der Waals surface area contributed by atoms with Crippen molar-refractivity contribution in [1.82, 2.24) is 5.32 Å². The summed E-state index contributed by atoms with van der Waals surface area (Å²) in [6.07, 6.45) is 2.65. The number of carbonyl (C=O) groups excluding carboxylic acids is 3. The van der Waals surface area contributed by atoms with Crippen LogP contribution < -0.4 is 20.3 Å². The van der Waals surface area contributed by atoms with Gasteiger partial charge in [0, 0.05) is 28.4 Å². The average molecular weight is 486 g/mol. The number of ether oxygens (including phenoxy) is 1. The second-order valence-corrected chi connectivity index (χ2v) is 10.0. The highest BCUT2D eigenvalue weighted by Gasteiger charge is 2.70. The molecule has 7 nitrogen and oxygen atoms in total. The van der Waals surface area contributed by atoms with Gasteiger partial charge in [-0.25, -0.2) is 4.90 Å². The SMILES string of the molecule is COc1cc(Cl)c(C)cc1N1C(=O)[C@H]2[C@H](CCSC)N[C@]3(C(=O)Nc4ccccc43)[C@@H]2C1=O. The smallest absolute Gasteiger partial charge is 0.250 e. The Balaban J connectivity index is 1.67. The molecule has 2 fully saturated rings. The van der Waals surface area contributed by atoms with E-state index in [2.05, 4.69) is 10.6 Å². The summed E-state index contributed by atoms with van der Waals surface area (Å²) in [5, 5.41) is 6.84. The molecule has 0 saturated carbocycles. The molecule has 9 heteroatoms. The Hall–Kier alpha value is -2.55. The number of imide groups is 1. The van der Waals surface area contributed by atoms with Gasteiger partial charge in [-0.2, -0.15) is 11.8 Å². The highest BCUT2D eigenvalue weighted by atomic mass is 35.5. The summed E-state index contributed by atoms with van der Waals surface area (Å²) in [5.74, 6) is -1.42. The van der Waals surface area contributed by atoms with E-state index in [4.69, 9.17) is 16.3 Å². The van der Waals surface area contributed by atoms with Crippen molar-refractivity contribution in [3.63, 3.8) is 0 Å². The molecular formula is C24H24ClN3O4S. The minimum atomic E-state index is -1.29. The molecule has 5 rings (SSSR count). The van der Waals surface area contributed by atoms with Crippen LogP contribution in [0.25, 0.3) is 0 Å². The summed E-state index contributed by atoms with van der Waals surface area (Å²) in [4.78, 5) is 42.4. The summed E-state index contributed by atoms with van der Waals surface area (Å²) in [6, 6.07) is 10.3. The van der Waals surface area contributed by atoms with Gasteiger partial charge >= 0.3 is 0 Å². The summed E-state index contributed by atoms with van der Waals surface area (Å²) >= 11 is 7.92. The zero-order valence-corrected chi connectivity index (χ0v) is 20.0. The van der Waals surface area contributed by atoms with E-state index in [1.54, 1.807) is 23.9 Å². The molecule has 172 valence electrons. The predicted octanol–water partition coefficient (Wildman–Crippen LogP) is 3.34. The van der Waals surface area contributed by atoms with Gasteiger partial charge in [0.2, 0.25) is 17.7 Å². The molecule has 1 spiro atoms. The minimum Gasteiger partial charge on any atom is -0.495 e. The maximum absolute atomic E-state index is 14.0. The number of nitrogens with one attached hydrogen (secondary N) is 2. The number of hydrogen-bond donors (Lipinski definition) is 2. The standard InChI is InChI=1S/C24H24ClN3O4S/c1-12-10-17(18(32-2)11-14(12)25)28-21(29)19-16(8-9-33-3)27-24(20(19)22(28)30)13-6-4-5-7-15(13)26-23(24)31/h4-7,10-11,16,19-20,27H,8-9H2,1-3H3,(H,26,31)/t16-,19-,20-,24-/m0/s1. The van der Waals surface area contributed by atoms with E-state index >= 15 is 0 Å². The molecule has 3 amide bonds. The van der Waals surface area contributed by atoms with Crippen LogP contribution >= 0.6 is 23.4 Å². The molecule has 3 aliphatic heterocycles. The minimum absolute atomic E-state index is 0.299. The molecule has 4 atom stereocenters. The van der Waals surface area contributed by atoms with E-state index in [1.165, 1.54) is 12.0 Å². The molecule has 3 heterocycles. The number of thioether (sulfide) groups is 1. The Morgan fingerprint density at radius 2 is 1.94 bits per heavy atom. The van der Waals surface area contributed by atoms with E-state index in [0.717, 1.165) is 11.3 Å². The third kappa shape index (κ3) is 3.04. The van der Waals surface area contributed by atoms with Gasteiger partial charge in [-0.05, 0) is 43.0 Å². The van der Waals surface area contributed by atoms with Crippen LogP contribution in [0.3, 0.4) is 0 Å². The lowest BCUT2D eigenvalue weighted by Crippen LogP contribution is -2.53. The first kappa shape index (κ1) is 22.3. The number of fused-ring (bicyclic) bond motifs is 4. The lowest BCUT2D eigenvalue weighted by Gasteiger charge is -2.30. The second-order valence-electron chi connectivity index (χ2n) is 8.63. The van der Waals surface area contributed by atoms with Gasteiger partial charge in [0.05, 0.1) is 24.6 Å². The van der Waals surface area contributed by atoms with E-state index < -0.39 is 23.3 Å². The molecule has 0 bridgehead atoms. The van der Waals surface area contributed by atoms with Crippen molar-refractivity contribution in [2.45, 2.75) is 24.9 Å². The van der Waals surface area contributed by atoms with E-state index in [-0.39, 0.29) is 17.9 Å². The monoisotopic (exact) mass is 485 g/mol. The molecular weight excluding hydrogens is 462 g/mol. The normalized spacial score (nSPS) is 27.8. The van der Waals surface area contributed by atoms with Gasteiger partial charge in [0.15, 0.2) is 0 Å². The first-order valence-electron chi connectivity index (χ1n) is 10.7. The topological polar surface area (TPSA) is 87.7 Å². The van der Waals surface area contributed by atoms with Crippen LogP contribution in [-0.2, 0) is 19.9 Å². The van der Waals surface area contributed by atoms with Gasteiger partial charge in [-0.15, -0.1) is 0 Å². The van der Waals surface area contributed by atoms with Crippen LogP contribution in [-0.4, -0.2) is 42.9 Å². The van der Waals surface area contributed by atoms with Crippen LogP contribution in [0, 0.1) is 18.8 Å². The highest BCUT2D eigenvalue weighted by molar-refractivity contribution is 7.98. The molecule has 2 saturated heterocycles. The van der Waals surface area contributed by atoms with E-state index in [1.807, 2.05) is 37.4 Å². The number of para-hydroxylation sites is 1. The number of carbonyl (C=O) groups is 3. The molecule has 0 unspecified atom stereocenters. The van der Waals surface area contributed by atoms with Gasteiger partial charge in [-0.1, -0.05) is 29.8 Å². The number of benzene rings is 2. The van der Waals surface area contributed by atoms with Gasteiger partial charge in [0.25, 0.3) is 0 Å². The number of hydrogen-bond acceptors (Lipinski definition) is 6. The molecule has 3 aliphatic rings. The third-order valence-electron chi connectivity index (χ3n) is 6.96. The second kappa shape index (κ2) is 8.04. The Morgan fingerprint density at radius 1 is 1.18 bits per heavy atom. The highest BCUT2D eigenvalue weighted by Crippen LogP contribution is 2.54. The quantitative estimate of drug-likeness (QED) is 0.632. The van der Waals surface area contributed by atoms with Crippen LogP contribution in [0.4, 0.5) is 11.4 Å². The largest absolute Gasteiger partial charge is 0.495 e. The number of anilines is 2. The third-order valence-corrected chi connectivity index (χ3v) is 8.01. The average Bonchev–Trinajstić information content (AvgIpc) is 3.38. The molecule has 0 aliphatic carbocycles. The van der Waals surface area contributed by atoms with Crippen LogP contribution in [0.1, 0.15) is 17.5 Å². The van der Waals surface area contributed by atoms with Gasteiger partial charge in [-0.3, -0.25) is 19.7 Å². The van der Waals surface area contributed by atoms with Gasteiger partial charge in [0.1, 0.15) is 11.3 Å². The lowest BCUT2D eigenvalue weighted by atomic mass is 9.76. The molecule has 0 aromatic heterocycles. The fourth-order valence-corrected chi connectivity index (χ4v) is 6.12. The first-order chi connectivity index (χ1) is 15.8. The van der Waals surface area contributed by atoms with Crippen molar-refractivity contribution < 1.29 is 19.1 Å². The summed E-state index contributed by atoms with van der Waals surface area (Å²) in [7, 11) is 1.47. The van der Waals surface area contributed by atoms with Crippen molar-refractivity contribution in [3.8, 4) is 5.75 Å². The Bertz CT molecular complexity index is 1190. The van der Waals surface area contributed by atoms with Crippen LogP contribution in [0.5, 0.6) is 5.75 Å². The predicted molar refractivity (Wildman–Crippen MR) is 129 cm³/mol. The molecule has 33 heavy (non-hydrogen) atoms. The Kier molecular flexibility index (Phi) is 5.42. The maximum Gasteiger partial charge on any atom is 0.250 e. The summed E-state index contributed by atoms with van der Waals surface area (Å²) in [6.45, 7) is 1.81. The fraction of sp³-hybridized carbons (Fsp3) is 0.375. The number of amides is 3. The van der Waals surface area contributed by atoms with Crippen molar-refractivity contribution in [3.05, 3.63) is 52.5 Å². The van der Waals surface area contributed by atoms with E-state index in [9.17, 15) is 14.4 Å². The number of methoxy groups -OCH3 is 1. The number of aryl methyl sites for hydroxylation is 1. The van der Waals surface area contributed by atoms with Crippen LogP contribution in [0.15, 0.2) is 36.4 Å². The summed E-state index contributed by atoms with van der Waals surface area (Å²) < 4.78 is 5.47. The number of rotatable bonds is 5. The molecule has 2 aromatic rings. The van der Waals surface area contributed by atoms with Crippen molar-refractivity contribution in [2.75, 3.05) is 29.3 Å². The first-order valence-corrected chi connectivity index (χ1v) is 12.5. The Morgan fingerprint density at radius 3 is 2.67 bits per heavy atom.